The molecule has 0 aromatic heterocycles. The first-order valence-corrected chi connectivity index (χ1v) is 8.13. The molecule has 100 valence electrons. The molecule has 1 fully saturated rings. The van der Waals surface area contributed by atoms with Crippen LogP contribution in [0.1, 0.15) is 12.5 Å². The van der Waals surface area contributed by atoms with E-state index in [0.29, 0.717) is 0 Å². The third-order valence-corrected chi connectivity index (χ3v) is 4.92. The maximum atomic E-state index is 2.30. The van der Waals surface area contributed by atoms with Crippen molar-refractivity contribution in [3.8, 4) is 0 Å². The van der Waals surface area contributed by atoms with Gasteiger partial charge in [-0.3, -0.25) is 0 Å². The van der Waals surface area contributed by atoms with E-state index < -0.39 is 0 Å². The molecule has 3 heteroatoms. The molecule has 2 rings (SSSR count). The zero-order valence-electron chi connectivity index (χ0n) is 11.7. The van der Waals surface area contributed by atoms with Gasteiger partial charge >= 0.3 is 0 Å². The highest BCUT2D eigenvalue weighted by Gasteiger charge is 2.20. The molecule has 0 saturated carbocycles. The van der Waals surface area contributed by atoms with Crippen LogP contribution in [0.2, 0.25) is 0 Å². The van der Waals surface area contributed by atoms with Gasteiger partial charge in [0.25, 0.3) is 0 Å². The molecule has 1 aliphatic rings. The van der Waals surface area contributed by atoms with Gasteiger partial charge in [-0.1, -0.05) is 17.7 Å². The van der Waals surface area contributed by atoms with Crippen LogP contribution in [0.4, 0.5) is 0 Å². The average molecular weight is 266 g/mol. The fourth-order valence-corrected chi connectivity index (χ4v) is 3.46. The fourth-order valence-electron chi connectivity index (χ4n) is 2.51. The van der Waals surface area contributed by atoms with Crippen molar-refractivity contribution in [3.05, 3.63) is 29.8 Å². The van der Waals surface area contributed by atoms with Crippen LogP contribution in [-0.4, -0.2) is 45.0 Å². The van der Waals surface area contributed by atoms with E-state index >= 15 is 0 Å². The monoisotopic (exact) mass is 266 g/mol. The van der Waals surface area contributed by atoms with Crippen LogP contribution in [0, 0.1) is 6.92 Å². The van der Waals surface area contributed by atoms with Crippen LogP contribution in [0.5, 0.6) is 0 Å². The van der Waals surface area contributed by atoms with Crippen LogP contribution in [0.15, 0.2) is 29.2 Å². The van der Waals surface area contributed by atoms with Crippen molar-refractivity contribution in [2.24, 2.45) is 0 Å². The van der Waals surface area contributed by atoms with Gasteiger partial charge in [-0.25, -0.2) is 0 Å². The van der Waals surface area contributed by atoms with Gasteiger partial charge in [0.1, 0.15) is 26.2 Å². The molecule has 1 heterocycles. The summed E-state index contributed by atoms with van der Waals surface area (Å²) in [5, 5.41) is 0. The second-order valence-corrected chi connectivity index (χ2v) is 6.43. The molecule has 2 N–H and O–H groups in total. The lowest BCUT2D eigenvalue weighted by atomic mass is 10.2. The molecular weight excluding hydrogens is 240 g/mol. The molecule has 1 aromatic carbocycles. The summed E-state index contributed by atoms with van der Waals surface area (Å²) in [6, 6.07) is 8.90. The third kappa shape index (κ3) is 4.30. The summed E-state index contributed by atoms with van der Waals surface area (Å²) in [4.78, 5) is 4.99. The zero-order chi connectivity index (χ0) is 12.8. The van der Waals surface area contributed by atoms with Crippen LogP contribution in [-0.2, 0) is 0 Å². The number of likely N-dealkylation sites (N-methyl/N-ethyl adjacent to an activating group) is 1. The highest BCUT2D eigenvalue weighted by atomic mass is 32.2. The Hall–Kier alpha value is -0.510. The molecule has 1 aliphatic heterocycles. The molecule has 1 saturated heterocycles. The highest BCUT2D eigenvalue weighted by molar-refractivity contribution is 7.99. The number of rotatable bonds is 5. The lowest BCUT2D eigenvalue weighted by Gasteiger charge is -2.28. The Kier molecular flexibility index (Phi) is 5.54. The number of nitrogens with one attached hydrogen (secondary N) is 2. The smallest absolute Gasteiger partial charge is 0.127 e. The maximum absolute atomic E-state index is 2.30. The molecule has 0 bridgehead atoms. The van der Waals surface area contributed by atoms with Gasteiger partial charge in [0, 0.05) is 10.6 Å². The Labute approximate surface area is 115 Å². The summed E-state index contributed by atoms with van der Waals surface area (Å²) >= 11 is 2.00. The molecule has 0 atom stereocenters. The van der Waals surface area contributed by atoms with E-state index in [1.54, 1.807) is 9.80 Å². The van der Waals surface area contributed by atoms with E-state index in [1.165, 1.54) is 55.5 Å². The van der Waals surface area contributed by atoms with Crippen LogP contribution in [0.3, 0.4) is 0 Å². The Morgan fingerprint density at radius 3 is 2.22 bits per heavy atom. The molecule has 1 aromatic rings. The number of thioether (sulfide) groups is 1. The first-order chi connectivity index (χ1) is 8.78. The van der Waals surface area contributed by atoms with Crippen molar-refractivity contribution in [2.75, 3.05) is 45.0 Å². The molecule has 0 aliphatic carbocycles. The van der Waals surface area contributed by atoms with E-state index in [2.05, 4.69) is 38.1 Å². The lowest BCUT2D eigenvalue weighted by molar-refractivity contribution is -1.01. The number of aryl methyl sites for hydroxylation is 1. The molecule has 0 spiro atoms. The van der Waals surface area contributed by atoms with Crippen LogP contribution in [0.25, 0.3) is 0 Å². The number of hydrogen-bond donors (Lipinski definition) is 2. The Morgan fingerprint density at radius 2 is 1.61 bits per heavy atom. The highest BCUT2D eigenvalue weighted by Crippen LogP contribution is 2.16. The average Bonchev–Trinajstić information content (AvgIpc) is 2.42. The van der Waals surface area contributed by atoms with Crippen LogP contribution >= 0.6 is 11.8 Å². The predicted octanol–water partition coefficient (Wildman–Crippen LogP) is -0.110. The number of quaternary nitrogens is 2. The van der Waals surface area contributed by atoms with E-state index in [9.17, 15) is 0 Å². The van der Waals surface area contributed by atoms with E-state index in [-0.39, 0.29) is 0 Å². The largest absolute Gasteiger partial charge is 0.326 e. The van der Waals surface area contributed by atoms with Crippen LogP contribution < -0.4 is 9.80 Å². The summed E-state index contributed by atoms with van der Waals surface area (Å²) in [6.45, 7) is 12.5. The second-order valence-electron chi connectivity index (χ2n) is 5.27. The minimum absolute atomic E-state index is 1.25. The SMILES string of the molecule is CC[NH+]1CC[NH+](CCSc2ccc(C)cc2)CC1. The summed E-state index contributed by atoms with van der Waals surface area (Å²) < 4.78 is 0. The summed E-state index contributed by atoms with van der Waals surface area (Å²) in [5.41, 5.74) is 1.35. The minimum Gasteiger partial charge on any atom is -0.326 e. The standard InChI is InChI=1S/C15H24N2S/c1-3-16-8-10-17(11-9-16)12-13-18-15-6-4-14(2)5-7-15/h4-7H,3,8-13H2,1-2H3/p+2. The predicted molar refractivity (Wildman–Crippen MR) is 78.7 cm³/mol. The Balaban J connectivity index is 1.65. The molecule has 18 heavy (non-hydrogen) atoms. The van der Waals surface area contributed by atoms with Gasteiger partial charge in [0.2, 0.25) is 0 Å². The first kappa shape index (κ1) is 13.9. The molecule has 0 unspecified atom stereocenters. The van der Waals surface area contributed by atoms with Crippen molar-refractivity contribution in [1.29, 1.82) is 0 Å². The van der Waals surface area contributed by atoms with E-state index in [0.717, 1.165) is 0 Å². The normalized spacial score (nSPS) is 24.1. The summed E-state index contributed by atoms with van der Waals surface area (Å²) in [5.74, 6) is 1.25. The number of piperazine rings is 1. The van der Waals surface area contributed by atoms with Gasteiger partial charge in [-0.2, -0.15) is 0 Å². The fraction of sp³-hybridized carbons (Fsp3) is 0.600. The van der Waals surface area contributed by atoms with Gasteiger partial charge in [0.05, 0.1) is 13.1 Å². The summed E-state index contributed by atoms with van der Waals surface area (Å²) in [7, 11) is 0. The van der Waals surface area contributed by atoms with Crippen molar-refractivity contribution >= 4 is 11.8 Å². The third-order valence-electron chi connectivity index (χ3n) is 3.91. The topological polar surface area (TPSA) is 8.88 Å². The van der Waals surface area contributed by atoms with Gasteiger partial charge < -0.3 is 9.80 Å². The zero-order valence-corrected chi connectivity index (χ0v) is 12.5. The quantitative estimate of drug-likeness (QED) is 0.707. The first-order valence-electron chi connectivity index (χ1n) is 7.14. The van der Waals surface area contributed by atoms with Gasteiger partial charge in [0.15, 0.2) is 0 Å². The molecule has 2 nitrogen and oxygen atoms in total. The Bertz CT molecular complexity index is 342. The van der Waals surface area contributed by atoms with Crippen molar-refractivity contribution in [3.63, 3.8) is 0 Å². The summed E-state index contributed by atoms with van der Waals surface area (Å²) in [6.07, 6.45) is 0. The minimum atomic E-state index is 1.25. The molecule has 0 amide bonds. The van der Waals surface area contributed by atoms with Crippen molar-refractivity contribution < 1.29 is 9.80 Å². The number of benzene rings is 1. The van der Waals surface area contributed by atoms with Crippen molar-refractivity contribution in [2.45, 2.75) is 18.7 Å². The molecule has 0 radical (unpaired) electrons. The maximum Gasteiger partial charge on any atom is 0.127 e. The van der Waals surface area contributed by atoms with E-state index in [1.807, 2.05) is 11.8 Å². The van der Waals surface area contributed by atoms with Crippen molar-refractivity contribution in [1.82, 2.24) is 0 Å². The Morgan fingerprint density at radius 1 is 1.00 bits per heavy atom. The second kappa shape index (κ2) is 7.17. The van der Waals surface area contributed by atoms with Gasteiger partial charge in [-0.05, 0) is 26.0 Å². The number of hydrogen-bond acceptors (Lipinski definition) is 1. The molecular formula is C15H26N2S+2. The van der Waals surface area contributed by atoms with Gasteiger partial charge in [-0.15, -0.1) is 11.8 Å². The van der Waals surface area contributed by atoms with E-state index in [4.69, 9.17) is 0 Å². The lowest BCUT2D eigenvalue weighted by Crippen LogP contribution is -3.28.